The molecule has 2 unspecified atom stereocenters. The van der Waals surface area contributed by atoms with Crippen LogP contribution in [0.5, 0.6) is 0 Å². The van der Waals surface area contributed by atoms with Gasteiger partial charge < -0.3 is 5.32 Å². The van der Waals surface area contributed by atoms with E-state index in [1.165, 1.54) is 12.8 Å². The molecule has 1 N–H and O–H groups in total. The van der Waals surface area contributed by atoms with Crippen molar-refractivity contribution in [3.8, 4) is 0 Å². The van der Waals surface area contributed by atoms with Crippen LogP contribution in [0.1, 0.15) is 26.7 Å². The number of hydrogen-bond acceptors (Lipinski definition) is 5. The maximum absolute atomic E-state index is 11.2. The number of non-ortho nitro benzene ring substituents is 1. The fourth-order valence-electron chi connectivity index (χ4n) is 3.50. The van der Waals surface area contributed by atoms with Gasteiger partial charge in [-0.25, -0.2) is 0 Å². The molecule has 2 heterocycles. The molecule has 6 nitrogen and oxygen atoms in total. The highest BCUT2D eigenvalue weighted by Gasteiger charge is 2.21. The van der Waals surface area contributed by atoms with Gasteiger partial charge in [-0.15, -0.1) is 0 Å². The number of rotatable bonds is 5. The Labute approximate surface area is 142 Å². The molecular weight excluding hydrogens is 304 g/mol. The average Bonchev–Trinajstić information content (AvgIpc) is 2.59. The normalized spacial score (nSPS) is 20.0. The Morgan fingerprint density at radius 2 is 2.25 bits per heavy atom. The Bertz CT molecular complexity index is 734. The number of aromatic nitrogens is 1. The van der Waals surface area contributed by atoms with E-state index < -0.39 is 0 Å². The highest BCUT2D eigenvalue weighted by molar-refractivity contribution is 5.99. The topological polar surface area (TPSA) is 71.3 Å². The number of fused-ring (bicyclic) bond motifs is 1. The highest BCUT2D eigenvalue weighted by atomic mass is 16.6. The predicted octanol–water partition coefficient (Wildman–Crippen LogP) is 3.68. The van der Waals surface area contributed by atoms with Crippen LogP contribution in [0.3, 0.4) is 0 Å². The SMILES string of the molecule is CC1CCCN(C(C)CNc2ccc([N+](=O)[O-])c3cnccc23)C1. The monoisotopic (exact) mass is 328 g/mol. The highest BCUT2D eigenvalue weighted by Crippen LogP contribution is 2.30. The molecule has 0 saturated carbocycles. The molecule has 1 fully saturated rings. The number of nitrogens with zero attached hydrogens (tertiary/aromatic N) is 3. The summed E-state index contributed by atoms with van der Waals surface area (Å²) < 4.78 is 0. The number of pyridine rings is 1. The van der Waals surface area contributed by atoms with Gasteiger partial charge in [0.1, 0.15) is 0 Å². The largest absolute Gasteiger partial charge is 0.383 e. The van der Waals surface area contributed by atoms with Gasteiger partial charge in [0, 0.05) is 48.7 Å². The van der Waals surface area contributed by atoms with E-state index in [4.69, 9.17) is 0 Å². The maximum atomic E-state index is 11.2. The molecule has 6 heteroatoms. The van der Waals surface area contributed by atoms with Gasteiger partial charge >= 0.3 is 0 Å². The molecule has 0 radical (unpaired) electrons. The summed E-state index contributed by atoms with van der Waals surface area (Å²) in [6.45, 7) is 7.66. The molecule has 0 bridgehead atoms. The molecule has 3 rings (SSSR count). The number of piperidine rings is 1. The van der Waals surface area contributed by atoms with Crippen molar-refractivity contribution in [3.05, 3.63) is 40.7 Å². The van der Waals surface area contributed by atoms with Crippen molar-refractivity contribution < 1.29 is 4.92 Å². The van der Waals surface area contributed by atoms with E-state index in [0.29, 0.717) is 11.4 Å². The number of nitro groups is 1. The van der Waals surface area contributed by atoms with Crippen molar-refractivity contribution in [2.45, 2.75) is 32.7 Å². The summed E-state index contributed by atoms with van der Waals surface area (Å²) in [5, 5.41) is 16.1. The fourth-order valence-corrected chi connectivity index (χ4v) is 3.50. The molecule has 0 spiro atoms. The van der Waals surface area contributed by atoms with Crippen molar-refractivity contribution in [2.24, 2.45) is 5.92 Å². The van der Waals surface area contributed by atoms with Crippen LogP contribution < -0.4 is 5.32 Å². The molecule has 128 valence electrons. The third-order valence-corrected chi connectivity index (χ3v) is 4.89. The molecule has 2 aromatic rings. The van der Waals surface area contributed by atoms with Crippen LogP contribution in [0.2, 0.25) is 0 Å². The summed E-state index contributed by atoms with van der Waals surface area (Å²) >= 11 is 0. The number of anilines is 1. The van der Waals surface area contributed by atoms with Gasteiger partial charge in [0.25, 0.3) is 5.69 Å². The first-order valence-corrected chi connectivity index (χ1v) is 8.55. The lowest BCUT2D eigenvalue weighted by Gasteiger charge is -2.35. The van der Waals surface area contributed by atoms with Gasteiger partial charge in [-0.05, 0) is 44.4 Å². The van der Waals surface area contributed by atoms with Crippen LogP contribution in [0, 0.1) is 16.0 Å². The fraction of sp³-hybridized carbons (Fsp3) is 0.500. The van der Waals surface area contributed by atoms with Crippen LogP contribution in [0.15, 0.2) is 30.6 Å². The second-order valence-electron chi connectivity index (χ2n) is 6.78. The van der Waals surface area contributed by atoms with Crippen LogP contribution in [0.4, 0.5) is 11.4 Å². The summed E-state index contributed by atoms with van der Waals surface area (Å²) in [7, 11) is 0. The number of benzene rings is 1. The van der Waals surface area contributed by atoms with E-state index in [2.05, 4.69) is 29.0 Å². The lowest BCUT2D eigenvalue weighted by Crippen LogP contribution is -2.43. The lowest BCUT2D eigenvalue weighted by atomic mass is 9.99. The van der Waals surface area contributed by atoms with E-state index in [1.54, 1.807) is 24.5 Å². The molecule has 2 atom stereocenters. The molecule has 1 aromatic heterocycles. The second kappa shape index (κ2) is 7.13. The predicted molar refractivity (Wildman–Crippen MR) is 96.3 cm³/mol. The molecule has 1 aromatic carbocycles. The van der Waals surface area contributed by atoms with Gasteiger partial charge in [0.05, 0.1) is 10.3 Å². The van der Waals surface area contributed by atoms with Gasteiger partial charge in [-0.2, -0.15) is 0 Å². The van der Waals surface area contributed by atoms with Crippen LogP contribution in [-0.4, -0.2) is 40.5 Å². The molecule has 0 aliphatic carbocycles. The summed E-state index contributed by atoms with van der Waals surface area (Å²) in [6.07, 6.45) is 5.82. The zero-order valence-corrected chi connectivity index (χ0v) is 14.2. The quantitative estimate of drug-likeness (QED) is 0.670. The third kappa shape index (κ3) is 3.48. The molecule has 1 aliphatic heterocycles. The van der Waals surface area contributed by atoms with Crippen molar-refractivity contribution in [1.29, 1.82) is 0 Å². The molecular formula is C18H24N4O2. The zero-order valence-electron chi connectivity index (χ0n) is 14.2. The maximum Gasteiger partial charge on any atom is 0.278 e. The molecule has 1 saturated heterocycles. The Hall–Kier alpha value is -2.21. The van der Waals surface area contributed by atoms with E-state index >= 15 is 0 Å². The average molecular weight is 328 g/mol. The van der Waals surface area contributed by atoms with Gasteiger partial charge in [-0.3, -0.25) is 20.0 Å². The van der Waals surface area contributed by atoms with E-state index in [9.17, 15) is 10.1 Å². The van der Waals surface area contributed by atoms with Crippen LogP contribution in [0.25, 0.3) is 10.8 Å². The Balaban J connectivity index is 1.76. The minimum Gasteiger partial charge on any atom is -0.383 e. The first-order chi connectivity index (χ1) is 11.6. The van der Waals surface area contributed by atoms with E-state index in [-0.39, 0.29) is 10.6 Å². The Kier molecular flexibility index (Phi) is 4.94. The number of nitrogens with one attached hydrogen (secondary N) is 1. The summed E-state index contributed by atoms with van der Waals surface area (Å²) in [5.41, 5.74) is 1.02. The zero-order chi connectivity index (χ0) is 17.1. The minimum atomic E-state index is -0.356. The number of hydrogen-bond donors (Lipinski definition) is 1. The molecule has 0 amide bonds. The van der Waals surface area contributed by atoms with Gasteiger partial charge in [0.2, 0.25) is 0 Å². The smallest absolute Gasteiger partial charge is 0.278 e. The van der Waals surface area contributed by atoms with Crippen LogP contribution in [-0.2, 0) is 0 Å². The van der Waals surface area contributed by atoms with Crippen molar-refractivity contribution in [3.63, 3.8) is 0 Å². The Morgan fingerprint density at radius 3 is 3.00 bits per heavy atom. The van der Waals surface area contributed by atoms with E-state index in [1.807, 2.05) is 6.07 Å². The first-order valence-electron chi connectivity index (χ1n) is 8.55. The van der Waals surface area contributed by atoms with Crippen LogP contribution >= 0.6 is 0 Å². The standard InChI is InChI=1S/C18H24N4O2/c1-13-4-3-9-21(12-13)14(2)10-20-17-5-6-18(22(23)24)16-11-19-8-7-15(16)17/h5-8,11,13-14,20H,3-4,9-10,12H2,1-2H3. The van der Waals surface area contributed by atoms with Crippen molar-refractivity contribution in [1.82, 2.24) is 9.88 Å². The second-order valence-corrected chi connectivity index (χ2v) is 6.78. The van der Waals surface area contributed by atoms with Crippen molar-refractivity contribution >= 4 is 22.1 Å². The first kappa shape index (κ1) is 16.6. The molecule has 1 aliphatic rings. The minimum absolute atomic E-state index is 0.0987. The summed E-state index contributed by atoms with van der Waals surface area (Å²) in [5.74, 6) is 0.757. The number of nitro benzene ring substituents is 1. The van der Waals surface area contributed by atoms with E-state index in [0.717, 1.165) is 36.6 Å². The van der Waals surface area contributed by atoms with Gasteiger partial charge in [-0.1, -0.05) is 6.92 Å². The van der Waals surface area contributed by atoms with Crippen molar-refractivity contribution in [2.75, 3.05) is 25.0 Å². The third-order valence-electron chi connectivity index (χ3n) is 4.89. The lowest BCUT2D eigenvalue weighted by molar-refractivity contribution is -0.383. The van der Waals surface area contributed by atoms with Gasteiger partial charge in [0.15, 0.2) is 0 Å². The number of likely N-dealkylation sites (tertiary alicyclic amines) is 1. The summed E-state index contributed by atoms with van der Waals surface area (Å²) in [6, 6.07) is 5.62. The summed E-state index contributed by atoms with van der Waals surface area (Å²) in [4.78, 5) is 17.4. The molecule has 24 heavy (non-hydrogen) atoms. The Morgan fingerprint density at radius 1 is 1.42 bits per heavy atom.